The Bertz CT molecular complexity index is 11.6. The van der Waals surface area contributed by atoms with Crippen LogP contribution >= 0.6 is 0 Å². The van der Waals surface area contributed by atoms with E-state index in [4.69, 9.17) is 0 Å². The molecule has 0 amide bonds. The molecule has 26 valence electrons. The van der Waals surface area contributed by atoms with Crippen molar-refractivity contribution in [3.05, 3.63) is 0 Å². The molecule has 5 heteroatoms. The minimum atomic E-state index is 0. The van der Waals surface area contributed by atoms with E-state index in [0.29, 0.717) is 0 Å². The second-order valence-corrected chi connectivity index (χ2v) is 0. The van der Waals surface area contributed by atoms with Crippen molar-refractivity contribution in [1.29, 1.82) is 0 Å². The van der Waals surface area contributed by atoms with Gasteiger partial charge in [-0.2, -0.15) is 0 Å². The monoisotopic (exact) mass is 220 g/mol. The first-order valence-electron chi connectivity index (χ1n) is 0. The van der Waals surface area contributed by atoms with Gasteiger partial charge in [0.25, 0.3) is 0 Å². The molecule has 0 saturated carbocycles. The summed E-state index contributed by atoms with van der Waals surface area (Å²) in [5.74, 6) is 0. The zero-order chi connectivity index (χ0) is 0. The van der Waals surface area contributed by atoms with Gasteiger partial charge in [0.1, 0.15) is 0 Å². The SMILES string of the molecule is F.[AlH3].[GaH3].[LiH].[SrH2]. The molecule has 0 bridgehead atoms. The van der Waals surface area contributed by atoms with E-state index in [9.17, 15) is 0 Å². The molecule has 0 atom stereocenters. The number of hydrogen-bond donors (Lipinski definition) is 0. The van der Waals surface area contributed by atoms with Gasteiger partial charge in [-0.3, -0.25) is 4.70 Å². The van der Waals surface area contributed by atoms with Gasteiger partial charge in [0.2, 0.25) is 0 Å². The summed E-state index contributed by atoms with van der Waals surface area (Å²) in [7, 11) is 0. The van der Waals surface area contributed by atoms with Gasteiger partial charge >= 0.3 is 84.1 Å². The van der Waals surface area contributed by atoms with Crippen LogP contribution in [0.5, 0.6) is 0 Å². The summed E-state index contributed by atoms with van der Waals surface area (Å²) < 4.78 is 0. The third kappa shape index (κ3) is 19.1. The fraction of sp³-hybridized carbons (Fsp3) is 0. The number of rotatable bonds is 0. The molecule has 5 heavy (non-hydrogen) atoms. The van der Waals surface area contributed by atoms with Crippen molar-refractivity contribution >= 4 is 101 Å². The van der Waals surface area contributed by atoms with Crippen LogP contribution in [0.4, 0.5) is 4.70 Å². The van der Waals surface area contributed by atoms with Gasteiger partial charge in [0, 0.05) is 0 Å². The van der Waals surface area contributed by atoms with Crippen LogP contribution < -0.4 is 0 Å². The summed E-state index contributed by atoms with van der Waals surface area (Å²) in [4.78, 5) is 0. The molecule has 0 aromatic heterocycles. The van der Waals surface area contributed by atoms with E-state index in [-0.39, 0.29) is 106 Å². The van der Waals surface area contributed by atoms with Gasteiger partial charge in [0.05, 0.1) is 0 Å². The fourth-order valence-electron chi connectivity index (χ4n) is 0. The molecule has 0 aliphatic heterocycles. The zero-order valence-corrected chi connectivity index (χ0v) is 0.408. The molecule has 0 rings (SSSR count). The van der Waals surface area contributed by atoms with E-state index in [0.717, 1.165) is 0 Å². The Labute approximate surface area is 104 Å². The third-order valence-corrected chi connectivity index (χ3v) is 0. The molecule has 0 aliphatic carbocycles. The molecular formula is H10AlFGaLiSr. The van der Waals surface area contributed by atoms with Crippen LogP contribution in [0.15, 0.2) is 0 Å². The Kier molecular flexibility index (Phi) is 226. The van der Waals surface area contributed by atoms with Crippen LogP contribution in [0.3, 0.4) is 0 Å². The second kappa shape index (κ2) is 27.1. The molecular weight excluding hydrogens is 210 g/mol. The maximum absolute atomic E-state index is 0. The van der Waals surface area contributed by atoms with Gasteiger partial charge in [-0.1, -0.05) is 0 Å². The van der Waals surface area contributed by atoms with E-state index in [1.165, 1.54) is 0 Å². The van der Waals surface area contributed by atoms with Gasteiger partial charge in [0.15, 0.2) is 17.4 Å². The van der Waals surface area contributed by atoms with Crippen LogP contribution in [0.2, 0.25) is 0 Å². The molecule has 0 nitrogen and oxygen atoms in total. The van der Waals surface area contributed by atoms with E-state index >= 15 is 0 Å². The van der Waals surface area contributed by atoms with Crippen LogP contribution in [0.1, 0.15) is 0 Å². The zero-order valence-electron chi connectivity index (χ0n) is 0.408. The Hall–Kier alpha value is 3.18. The normalized spacial score (nSPS) is 0. The van der Waals surface area contributed by atoms with E-state index in [1.54, 1.807) is 0 Å². The fourth-order valence-corrected chi connectivity index (χ4v) is 0. The first kappa shape index (κ1) is 41.7. The van der Waals surface area contributed by atoms with E-state index in [2.05, 4.69) is 0 Å². The van der Waals surface area contributed by atoms with Gasteiger partial charge < -0.3 is 0 Å². The van der Waals surface area contributed by atoms with Crippen LogP contribution in [-0.4, -0.2) is 101 Å². The Morgan fingerprint density at radius 2 is 1.00 bits per heavy atom. The van der Waals surface area contributed by atoms with Crippen molar-refractivity contribution in [2.24, 2.45) is 0 Å². The van der Waals surface area contributed by atoms with Gasteiger partial charge in [-0.05, 0) is 0 Å². The quantitative estimate of drug-likeness (QED) is 0.368. The third-order valence-electron chi connectivity index (χ3n) is 0. The van der Waals surface area contributed by atoms with Crippen molar-refractivity contribution in [2.75, 3.05) is 0 Å². The summed E-state index contributed by atoms with van der Waals surface area (Å²) in [6, 6.07) is 0. The van der Waals surface area contributed by atoms with Gasteiger partial charge in [-0.15, -0.1) is 0 Å². The van der Waals surface area contributed by atoms with Crippen LogP contribution in [0, 0.1) is 0 Å². The summed E-state index contributed by atoms with van der Waals surface area (Å²) >= 11 is 0. The molecule has 0 aliphatic rings. The molecule has 0 heterocycles. The van der Waals surface area contributed by atoms with Crippen molar-refractivity contribution in [1.82, 2.24) is 0 Å². The predicted molar refractivity (Wildman–Crippen MR) is 38.1 cm³/mol. The summed E-state index contributed by atoms with van der Waals surface area (Å²) in [6.45, 7) is 0. The average Bonchev–Trinajstić information content (AvgIpc) is 0. The molecule has 0 spiro atoms. The van der Waals surface area contributed by atoms with Crippen molar-refractivity contribution < 1.29 is 4.70 Å². The van der Waals surface area contributed by atoms with Crippen molar-refractivity contribution in [2.45, 2.75) is 0 Å². The molecule has 0 fully saturated rings. The van der Waals surface area contributed by atoms with E-state index in [1.807, 2.05) is 0 Å². The van der Waals surface area contributed by atoms with Gasteiger partial charge in [-0.25, -0.2) is 0 Å². The number of halogens is 1. The van der Waals surface area contributed by atoms with Crippen molar-refractivity contribution in [3.8, 4) is 0 Å². The standard InChI is InChI=1S/Al.FH.Ga.Li.Sr.9H/h;1H;;;;;;;;;;;;. The summed E-state index contributed by atoms with van der Waals surface area (Å²) in [6.07, 6.45) is 0. The molecule has 0 aromatic rings. The molecule has 0 radical (unpaired) electrons. The molecule has 0 aromatic carbocycles. The topological polar surface area (TPSA) is 0 Å². The second-order valence-electron chi connectivity index (χ2n) is 0. The molecule has 0 N–H and O–H groups in total. The minimum absolute atomic E-state index is 0. The molecule has 0 saturated heterocycles. The molecule has 0 unspecified atom stereocenters. The summed E-state index contributed by atoms with van der Waals surface area (Å²) in [5.41, 5.74) is 0. The Morgan fingerprint density at radius 1 is 1.00 bits per heavy atom. The van der Waals surface area contributed by atoms with Crippen molar-refractivity contribution in [3.63, 3.8) is 0 Å². The first-order chi connectivity index (χ1) is 0. The summed E-state index contributed by atoms with van der Waals surface area (Å²) in [5, 5.41) is 0. The Balaban J connectivity index is 0. The van der Waals surface area contributed by atoms with Crippen LogP contribution in [-0.2, 0) is 0 Å². The van der Waals surface area contributed by atoms with E-state index < -0.39 is 0 Å². The Morgan fingerprint density at radius 3 is 1.00 bits per heavy atom. The average molecular weight is 220 g/mol. The number of hydrogen-bond acceptors (Lipinski definition) is 0. The first-order valence-corrected chi connectivity index (χ1v) is 0. The predicted octanol–water partition coefficient (Wildman–Crippen LogP) is -3.78. The van der Waals surface area contributed by atoms with Crippen LogP contribution in [0.25, 0.3) is 0 Å². The maximum atomic E-state index is 0.